The fourth-order valence-electron chi connectivity index (χ4n) is 1.02. The van der Waals surface area contributed by atoms with Crippen LogP contribution >= 0.6 is 0 Å². The third kappa shape index (κ3) is 4.24. The summed E-state index contributed by atoms with van der Waals surface area (Å²) < 4.78 is 4.55. The third-order valence-electron chi connectivity index (χ3n) is 2.02. The lowest BCUT2D eigenvalue weighted by Crippen LogP contribution is -2.46. The van der Waals surface area contributed by atoms with E-state index in [-0.39, 0.29) is 30.6 Å². The summed E-state index contributed by atoms with van der Waals surface area (Å²) >= 11 is 0. The number of methoxy groups -OCH3 is 1. The Morgan fingerprint density at radius 3 is 2.31 bits per heavy atom. The van der Waals surface area contributed by atoms with Crippen LogP contribution in [0.4, 0.5) is 0 Å². The smallest absolute Gasteiger partial charge is 0.322 e. The first-order chi connectivity index (χ1) is 6.02. The minimum Gasteiger partial charge on any atom is -0.468 e. The lowest BCUT2D eigenvalue weighted by atomic mass is 10.0. The molecule has 0 spiro atoms. The highest BCUT2D eigenvalue weighted by atomic mass is 16.5. The molecule has 78 valence electrons. The van der Waals surface area contributed by atoms with E-state index in [0.717, 1.165) is 0 Å². The standard InChI is InChI=1S/C9H19NO3/c1-6(2)8(5-11)10-7(3)9(12)13-4/h6-8,10-11H,5H2,1-4H3. The van der Waals surface area contributed by atoms with Gasteiger partial charge in [0.25, 0.3) is 0 Å². The van der Waals surface area contributed by atoms with Gasteiger partial charge in [-0.3, -0.25) is 10.1 Å². The highest BCUT2D eigenvalue weighted by molar-refractivity contribution is 5.75. The molecule has 2 N–H and O–H groups in total. The lowest BCUT2D eigenvalue weighted by Gasteiger charge is -2.23. The van der Waals surface area contributed by atoms with Crippen molar-refractivity contribution in [3.05, 3.63) is 0 Å². The Bertz CT molecular complexity index is 159. The molecule has 0 aliphatic heterocycles. The summed E-state index contributed by atoms with van der Waals surface area (Å²) in [6.45, 7) is 5.71. The van der Waals surface area contributed by atoms with E-state index in [9.17, 15) is 4.79 Å². The number of ether oxygens (including phenoxy) is 1. The van der Waals surface area contributed by atoms with E-state index in [1.165, 1.54) is 7.11 Å². The highest BCUT2D eigenvalue weighted by Gasteiger charge is 2.19. The second-order valence-corrected chi connectivity index (χ2v) is 3.44. The minimum absolute atomic E-state index is 0.0268. The fourth-order valence-corrected chi connectivity index (χ4v) is 1.02. The molecule has 0 radical (unpaired) electrons. The molecule has 0 aromatic carbocycles. The number of carbonyl (C=O) groups excluding carboxylic acids is 1. The molecule has 0 aliphatic rings. The van der Waals surface area contributed by atoms with Crippen molar-refractivity contribution in [2.24, 2.45) is 5.92 Å². The quantitative estimate of drug-likeness (QED) is 0.605. The van der Waals surface area contributed by atoms with E-state index in [1.807, 2.05) is 13.8 Å². The number of nitrogens with one attached hydrogen (secondary N) is 1. The van der Waals surface area contributed by atoms with Crippen molar-refractivity contribution in [2.75, 3.05) is 13.7 Å². The lowest BCUT2D eigenvalue weighted by molar-refractivity contribution is -0.143. The van der Waals surface area contributed by atoms with Crippen LogP contribution in [0.2, 0.25) is 0 Å². The Morgan fingerprint density at radius 1 is 1.46 bits per heavy atom. The third-order valence-corrected chi connectivity index (χ3v) is 2.02. The molecule has 0 amide bonds. The summed E-state index contributed by atoms with van der Waals surface area (Å²) in [5.41, 5.74) is 0. The van der Waals surface area contributed by atoms with Crippen LogP contribution in [0.25, 0.3) is 0 Å². The molecule has 0 saturated carbocycles. The van der Waals surface area contributed by atoms with Gasteiger partial charge in [0, 0.05) is 6.04 Å². The van der Waals surface area contributed by atoms with Gasteiger partial charge >= 0.3 is 5.97 Å². The molecule has 0 rings (SSSR count). The second kappa shape index (κ2) is 5.94. The predicted molar refractivity (Wildman–Crippen MR) is 50.3 cm³/mol. The van der Waals surface area contributed by atoms with Gasteiger partial charge < -0.3 is 9.84 Å². The normalized spacial score (nSPS) is 15.5. The number of rotatable bonds is 5. The maximum Gasteiger partial charge on any atom is 0.322 e. The van der Waals surface area contributed by atoms with E-state index in [1.54, 1.807) is 6.92 Å². The van der Waals surface area contributed by atoms with E-state index in [2.05, 4.69) is 10.1 Å². The maximum atomic E-state index is 11.0. The molecule has 0 bridgehead atoms. The molecule has 0 saturated heterocycles. The highest BCUT2D eigenvalue weighted by Crippen LogP contribution is 2.02. The molecule has 0 aromatic rings. The number of carbonyl (C=O) groups is 1. The van der Waals surface area contributed by atoms with Crippen molar-refractivity contribution in [2.45, 2.75) is 32.9 Å². The molecular weight excluding hydrogens is 170 g/mol. The molecule has 2 atom stereocenters. The first kappa shape index (κ1) is 12.4. The molecule has 4 nitrogen and oxygen atoms in total. The zero-order valence-electron chi connectivity index (χ0n) is 8.70. The van der Waals surface area contributed by atoms with E-state index < -0.39 is 0 Å². The largest absolute Gasteiger partial charge is 0.468 e. The number of hydrogen-bond acceptors (Lipinski definition) is 4. The molecule has 0 fully saturated rings. The first-order valence-corrected chi connectivity index (χ1v) is 4.47. The fraction of sp³-hybridized carbons (Fsp3) is 0.889. The van der Waals surface area contributed by atoms with Crippen molar-refractivity contribution in [3.63, 3.8) is 0 Å². The Balaban J connectivity index is 4.00. The average Bonchev–Trinajstić information content (AvgIpc) is 2.11. The van der Waals surface area contributed by atoms with Crippen molar-refractivity contribution < 1.29 is 14.6 Å². The van der Waals surface area contributed by atoms with Crippen LogP contribution in [0, 0.1) is 5.92 Å². The van der Waals surface area contributed by atoms with E-state index >= 15 is 0 Å². The Kier molecular flexibility index (Phi) is 5.66. The first-order valence-electron chi connectivity index (χ1n) is 4.47. The van der Waals surface area contributed by atoms with E-state index in [4.69, 9.17) is 5.11 Å². The molecule has 0 heterocycles. The van der Waals surface area contributed by atoms with Crippen LogP contribution in [-0.4, -0.2) is 36.9 Å². The summed E-state index contributed by atoms with van der Waals surface area (Å²) in [6.07, 6.45) is 0. The van der Waals surface area contributed by atoms with Crippen LogP contribution in [-0.2, 0) is 9.53 Å². The second-order valence-electron chi connectivity index (χ2n) is 3.44. The monoisotopic (exact) mass is 189 g/mol. The van der Waals surface area contributed by atoms with E-state index in [0.29, 0.717) is 0 Å². The molecule has 4 heteroatoms. The summed E-state index contributed by atoms with van der Waals surface area (Å²) in [5, 5.41) is 12.0. The van der Waals surface area contributed by atoms with Gasteiger partial charge in [0.15, 0.2) is 0 Å². The Morgan fingerprint density at radius 2 is 2.00 bits per heavy atom. The van der Waals surface area contributed by atoms with Gasteiger partial charge in [-0.1, -0.05) is 13.8 Å². The van der Waals surface area contributed by atoms with Crippen LogP contribution in [0.3, 0.4) is 0 Å². The molecule has 2 unspecified atom stereocenters. The van der Waals surface area contributed by atoms with Crippen LogP contribution in [0.1, 0.15) is 20.8 Å². The van der Waals surface area contributed by atoms with Crippen molar-refractivity contribution in [1.29, 1.82) is 0 Å². The predicted octanol–water partition coefficient (Wildman–Crippen LogP) is 0.154. The Hall–Kier alpha value is -0.610. The van der Waals surface area contributed by atoms with Crippen molar-refractivity contribution >= 4 is 5.97 Å². The van der Waals surface area contributed by atoms with Crippen molar-refractivity contribution in [3.8, 4) is 0 Å². The average molecular weight is 189 g/mol. The zero-order chi connectivity index (χ0) is 10.4. The maximum absolute atomic E-state index is 11.0. The molecule has 0 aromatic heterocycles. The summed E-state index contributed by atoms with van der Waals surface area (Å²) in [7, 11) is 1.35. The number of aliphatic hydroxyl groups excluding tert-OH is 1. The van der Waals surface area contributed by atoms with Crippen LogP contribution < -0.4 is 5.32 Å². The molecular formula is C9H19NO3. The molecule has 0 aliphatic carbocycles. The topological polar surface area (TPSA) is 58.6 Å². The van der Waals surface area contributed by atoms with Gasteiger partial charge in [-0.2, -0.15) is 0 Å². The SMILES string of the molecule is COC(=O)C(C)NC(CO)C(C)C. The van der Waals surface area contributed by atoms with Gasteiger partial charge in [-0.05, 0) is 12.8 Å². The number of aliphatic hydroxyl groups is 1. The van der Waals surface area contributed by atoms with Crippen LogP contribution in [0.15, 0.2) is 0 Å². The number of hydrogen-bond donors (Lipinski definition) is 2. The summed E-state index contributed by atoms with van der Waals surface area (Å²) in [4.78, 5) is 11.0. The molecule has 13 heavy (non-hydrogen) atoms. The van der Waals surface area contributed by atoms with Gasteiger partial charge in [0.1, 0.15) is 6.04 Å². The summed E-state index contributed by atoms with van der Waals surface area (Å²) in [6, 6.07) is -0.432. The van der Waals surface area contributed by atoms with Gasteiger partial charge in [0.2, 0.25) is 0 Å². The van der Waals surface area contributed by atoms with Crippen molar-refractivity contribution in [1.82, 2.24) is 5.32 Å². The van der Waals surface area contributed by atoms with Gasteiger partial charge in [-0.15, -0.1) is 0 Å². The Labute approximate surface area is 79.3 Å². The van der Waals surface area contributed by atoms with Crippen LogP contribution in [0.5, 0.6) is 0 Å². The number of esters is 1. The van der Waals surface area contributed by atoms with Gasteiger partial charge in [-0.25, -0.2) is 0 Å². The zero-order valence-corrected chi connectivity index (χ0v) is 8.70. The summed E-state index contributed by atoms with van der Waals surface area (Å²) in [5.74, 6) is -0.0174. The minimum atomic E-state index is -0.371. The van der Waals surface area contributed by atoms with Gasteiger partial charge in [0.05, 0.1) is 13.7 Å².